The van der Waals surface area contributed by atoms with E-state index in [1.807, 2.05) is 24.3 Å². The summed E-state index contributed by atoms with van der Waals surface area (Å²) in [5, 5.41) is 2.65. The first kappa shape index (κ1) is 20.7. The van der Waals surface area contributed by atoms with Crippen LogP contribution in [-0.4, -0.2) is 31.8 Å². The van der Waals surface area contributed by atoms with Crippen molar-refractivity contribution in [3.05, 3.63) is 81.5 Å². The highest BCUT2D eigenvalue weighted by molar-refractivity contribution is 7.14. The fraction of sp³-hybridized carbons (Fsp3) is 0.200. The lowest BCUT2D eigenvalue weighted by Gasteiger charge is -2.14. The Morgan fingerprint density at radius 3 is 2.32 bits per heavy atom. The van der Waals surface area contributed by atoms with E-state index in [1.165, 1.54) is 33.6 Å². The Bertz CT molecular complexity index is 1130. The van der Waals surface area contributed by atoms with E-state index in [0.29, 0.717) is 11.5 Å². The first-order chi connectivity index (χ1) is 15.2. The van der Waals surface area contributed by atoms with Crippen molar-refractivity contribution in [2.24, 2.45) is 0 Å². The maximum Gasteiger partial charge on any atom is 0.407 e. The normalized spacial score (nSPS) is 11.6. The molecule has 156 valence electrons. The van der Waals surface area contributed by atoms with Crippen LogP contribution in [0.15, 0.2) is 60.7 Å². The van der Waals surface area contributed by atoms with E-state index in [0.717, 1.165) is 4.88 Å². The van der Waals surface area contributed by atoms with Gasteiger partial charge in [-0.3, -0.25) is 0 Å². The van der Waals surface area contributed by atoms with E-state index in [4.69, 9.17) is 9.47 Å². The fourth-order valence-electron chi connectivity index (χ4n) is 3.61. The predicted octanol–water partition coefficient (Wildman–Crippen LogP) is 4.82. The number of esters is 1. The Morgan fingerprint density at radius 2 is 1.65 bits per heavy atom. The Labute approximate surface area is 185 Å². The summed E-state index contributed by atoms with van der Waals surface area (Å²) >= 11 is 1.26. The molecule has 0 fully saturated rings. The molecule has 0 atom stereocenters. The standard InChI is InChI=1S/C25H21NO4S/c1-2-29-24(27)23-14-13-17(31-23)8-7-15-26-25(28)30-16-22-20-11-5-3-9-18(20)19-10-4-6-12-21(19)22/h3-6,9-14,22H,2,15-16H2,1H3,(H,26,28). The average molecular weight is 432 g/mol. The van der Waals surface area contributed by atoms with Gasteiger partial charge in [-0.15, -0.1) is 11.3 Å². The van der Waals surface area contributed by atoms with E-state index in [-0.39, 0.29) is 25.0 Å². The fourth-order valence-corrected chi connectivity index (χ4v) is 4.39. The molecule has 0 saturated carbocycles. The Balaban J connectivity index is 1.30. The summed E-state index contributed by atoms with van der Waals surface area (Å²) in [5.74, 6) is 5.48. The minimum atomic E-state index is -0.505. The SMILES string of the molecule is CCOC(=O)c1ccc(C#CCNC(=O)OCC2c3ccccc3-c3ccccc32)s1. The van der Waals surface area contributed by atoms with Gasteiger partial charge < -0.3 is 14.8 Å². The number of amides is 1. The molecule has 1 aromatic heterocycles. The maximum absolute atomic E-state index is 12.1. The molecule has 0 saturated heterocycles. The number of fused-ring (bicyclic) bond motifs is 3. The highest BCUT2D eigenvalue weighted by Crippen LogP contribution is 2.44. The van der Waals surface area contributed by atoms with Gasteiger partial charge in [0.15, 0.2) is 0 Å². The zero-order chi connectivity index (χ0) is 21.6. The number of nitrogens with one attached hydrogen (secondary N) is 1. The number of benzene rings is 2. The van der Waals surface area contributed by atoms with Crippen LogP contribution < -0.4 is 5.32 Å². The molecule has 3 aromatic rings. The Morgan fingerprint density at radius 1 is 0.968 bits per heavy atom. The number of rotatable bonds is 5. The molecule has 0 radical (unpaired) electrons. The second-order valence-corrected chi connectivity index (χ2v) is 7.95. The number of alkyl carbamates (subject to hydrolysis) is 1. The summed E-state index contributed by atoms with van der Waals surface area (Å²) in [6, 6.07) is 19.9. The number of hydrogen-bond acceptors (Lipinski definition) is 5. The monoisotopic (exact) mass is 431 g/mol. The van der Waals surface area contributed by atoms with Crippen LogP contribution in [0, 0.1) is 11.8 Å². The van der Waals surface area contributed by atoms with Gasteiger partial charge in [0, 0.05) is 5.92 Å². The summed E-state index contributed by atoms with van der Waals surface area (Å²) in [4.78, 5) is 25.1. The summed E-state index contributed by atoms with van der Waals surface area (Å²) in [6.45, 7) is 2.52. The van der Waals surface area contributed by atoms with Crippen LogP contribution in [0.25, 0.3) is 11.1 Å². The molecule has 4 rings (SSSR count). The van der Waals surface area contributed by atoms with Gasteiger partial charge in [0.1, 0.15) is 11.5 Å². The molecule has 0 bridgehead atoms. The molecule has 1 N–H and O–H groups in total. The van der Waals surface area contributed by atoms with Crippen molar-refractivity contribution in [1.82, 2.24) is 5.32 Å². The largest absolute Gasteiger partial charge is 0.462 e. The molecule has 2 aromatic carbocycles. The molecule has 1 aliphatic carbocycles. The van der Waals surface area contributed by atoms with E-state index < -0.39 is 6.09 Å². The first-order valence-electron chi connectivity index (χ1n) is 10.0. The van der Waals surface area contributed by atoms with Gasteiger partial charge in [0.2, 0.25) is 0 Å². The minimum Gasteiger partial charge on any atom is -0.462 e. The van der Waals surface area contributed by atoms with Crippen LogP contribution in [0.5, 0.6) is 0 Å². The third-order valence-corrected chi connectivity index (χ3v) is 5.94. The van der Waals surface area contributed by atoms with Crippen LogP contribution in [0.4, 0.5) is 4.79 Å². The molecular weight excluding hydrogens is 410 g/mol. The smallest absolute Gasteiger partial charge is 0.407 e. The van der Waals surface area contributed by atoms with Gasteiger partial charge in [-0.05, 0) is 41.3 Å². The number of ether oxygens (including phenoxy) is 2. The van der Waals surface area contributed by atoms with E-state index >= 15 is 0 Å². The average Bonchev–Trinajstić information content (AvgIpc) is 3.39. The van der Waals surface area contributed by atoms with Gasteiger partial charge in [0.25, 0.3) is 0 Å². The molecule has 1 amide bonds. The summed E-state index contributed by atoms with van der Waals surface area (Å²) in [6.07, 6.45) is -0.505. The molecular formula is C25H21NO4S. The minimum absolute atomic E-state index is 0.0247. The Hall–Kier alpha value is -3.56. The van der Waals surface area contributed by atoms with Gasteiger partial charge in [-0.1, -0.05) is 60.4 Å². The lowest BCUT2D eigenvalue weighted by molar-refractivity contribution is 0.0532. The van der Waals surface area contributed by atoms with E-state index in [2.05, 4.69) is 41.4 Å². The highest BCUT2D eigenvalue weighted by atomic mass is 32.1. The maximum atomic E-state index is 12.1. The molecule has 31 heavy (non-hydrogen) atoms. The van der Waals surface area contributed by atoms with Crippen LogP contribution in [0.2, 0.25) is 0 Å². The van der Waals surface area contributed by atoms with Gasteiger partial charge in [-0.25, -0.2) is 9.59 Å². The molecule has 0 spiro atoms. The lowest BCUT2D eigenvalue weighted by Crippen LogP contribution is -2.26. The third kappa shape index (κ3) is 4.62. The lowest BCUT2D eigenvalue weighted by atomic mass is 9.98. The zero-order valence-corrected chi connectivity index (χ0v) is 17.8. The molecule has 0 unspecified atom stereocenters. The van der Waals surface area contributed by atoms with E-state index in [9.17, 15) is 9.59 Å². The molecule has 5 nitrogen and oxygen atoms in total. The van der Waals surface area contributed by atoms with Gasteiger partial charge in [0.05, 0.1) is 18.0 Å². The zero-order valence-electron chi connectivity index (χ0n) is 17.0. The molecule has 0 aliphatic heterocycles. The second-order valence-electron chi connectivity index (χ2n) is 6.87. The van der Waals surface area contributed by atoms with Crippen molar-refractivity contribution in [3.63, 3.8) is 0 Å². The molecule has 1 aliphatic rings. The number of thiophene rings is 1. The highest BCUT2D eigenvalue weighted by Gasteiger charge is 2.28. The van der Waals surface area contributed by atoms with Crippen molar-refractivity contribution in [1.29, 1.82) is 0 Å². The number of carbonyl (C=O) groups is 2. The molecule has 6 heteroatoms. The van der Waals surface area contributed by atoms with Crippen molar-refractivity contribution in [3.8, 4) is 23.0 Å². The quantitative estimate of drug-likeness (QED) is 0.465. The van der Waals surface area contributed by atoms with Crippen LogP contribution in [0.1, 0.15) is 38.5 Å². The van der Waals surface area contributed by atoms with Crippen molar-refractivity contribution in [2.45, 2.75) is 12.8 Å². The van der Waals surface area contributed by atoms with Gasteiger partial charge in [-0.2, -0.15) is 0 Å². The van der Waals surface area contributed by atoms with Crippen LogP contribution in [0.3, 0.4) is 0 Å². The Kier molecular flexibility index (Phi) is 6.34. The molecule has 1 heterocycles. The van der Waals surface area contributed by atoms with Crippen molar-refractivity contribution in [2.75, 3.05) is 19.8 Å². The topological polar surface area (TPSA) is 64.6 Å². The van der Waals surface area contributed by atoms with Crippen molar-refractivity contribution >= 4 is 23.4 Å². The second kappa shape index (κ2) is 9.50. The summed E-state index contributed by atoms with van der Waals surface area (Å²) < 4.78 is 10.4. The first-order valence-corrected chi connectivity index (χ1v) is 10.8. The van der Waals surface area contributed by atoms with Crippen molar-refractivity contribution < 1.29 is 19.1 Å². The summed E-state index contributed by atoms with van der Waals surface area (Å²) in [5.41, 5.74) is 4.73. The summed E-state index contributed by atoms with van der Waals surface area (Å²) in [7, 11) is 0. The number of carbonyl (C=O) groups excluding carboxylic acids is 2. The van der Waals surface area contributed by atoms with E-state index in [1.54, 1.807) is 19.1 Å². The third-order valence-electron chi connectivity index (χ3n) is 4.96. The predicted molar refractivity (Wildman–Crippen MR) is 120 cm³/mol. The number of hydrogen-bond donors (Lipinski definition) is 1. The van der Waals surface area contributed by atoms with Crippen LogP contribution >= 0.6 is 11.3 Å². The van der Waals surface area contributed by atoms with Crippen LogP contribution in [-0.2, 0) is 9.47 Å². The van der Waals surface area contributed by atoms with Gasteiger partial charge >= 0.3 is 12.1 Å².